The van der Waals surface area contributed by atoms with Crippen LogP contribution >= 0.6 is 0 Å². The summed E-state index contributed by atoms with van der Waals surface area (Å²) in [6.45, 7) is 11.7. The van der Waals surface area contributed by atoms with E-state index in [9.17, 15) is 9.18 Å². The van der Waals surface area contributed by atoms with Crippen LogP contribution in [0.2, 0.25) is 0 Å². The van der Waals surface area contributed by atoms with Gasteiger partial charge in [0.05, 0.1) is 5.69 Å². The molecule has 3 heterocycles. The predicted molar refractivity (Wildman–Crippen MR) is 133 cm³/mol. The average molecular weight is 467 g/mol. The van der Waals surface area contributed by atoms with Crippen molar-refractivity contribution < 1.29 is 13.9 Å². The summed E-state index contributed by atoms with van der Waals surface area (Å²) >= 11 is 0. The number of halogens is 1. The van der Waals surface area contributed by atoms with Crippen LogP contribution in [0.25, 0.3) is 0 Å². The molecule has 0 bridgehead atoms. The molecule has 2 aromatic rings. The molecule has 0 unspecified atom stereocenters. The Balaban J connectivity index is 1.04. The van der Waals surface area contributed by atoms with Gasteiger partial charge in [0.1, 0.15) is 17.2 Å². The molecule has 2 fully saturated rings. The lowest BCUT2D eigenvalue weighted by Gasteiger charge is -2.37. The smallest absolute Gasteiger partial charge is 0.324 e. The number of hydrogen-bond acceptors (Lipinski definition) is 4. The van der Waals surface area contributed by atoms with Gasteiger partial charge in [0.25, 0.3) is 0 Å². The molecule has 7 heteroatoms. The van der Waals surface area contributed by atoms with Gasteiger partial charge in [-0.3, -0.25) is 9.80 Å². The third kappa shape index (κ3) is 4.85. The average Bonchev–Trinajstić information content (AvgIpc) is 3.35. The fraction of sp³-hybridized carbons (Fsp3) is 0.519. The normalized spacial score (nSPS) is 20.1. The van der Waals surface area contributed by atoms with Gasteiger partial charge in [0, 0.05) is 63.5 Å². The van der Waals surface area contributed by atoms with E-state index in [-0.39, 0.29) is 17.4 Å². The number of hydrogen-bond donors (Lipinski definition) is 0. The highest BCUT2D eigenvalue weighted by Crippen LogP contribution is 2.42. The van der Waals surface area contributed by atoms with Crippen molar-refractivity contribution >= 4 is 17.4 Å². The van der Waals surface area contributed by atoms with E-state index >= 15 is 0 Å². The Kier molecular flexibility index (Phi) is 6.38. The summed E-state index contributed by atoms with van der Waals surface area (Å²) in [6, 6.07) is 12.7. The third-order valence-corrected chi connectivity index (χ3v) is 7.17. The van der Waals surface area contributed by atoms with Gasteiger partial charge in [0.15, 0.2) is 0 Å². The number of carbonyl (C=O) groups is 1. The maximum absolute atomic E-state index is 13.2. The van der Waals surface area contributed by atoms with Gasteiger partial charge >= 0.3 is 6.03 Å². The zero-order valence-corrected chi connectivity index (χ0v) is 20.3. The van der Waals surface area contributed by atoms with Gasteiger partial charge in [-0.25, -0.2) is 9.18 Å². The van der Waals surface area contributed by atoms with Crippen LogP contribution in [0.15, 0.2) is 42.5 Å². The Morgan fingerprint density at radius 1 is 0.912 bits per heavy atom. The van der Waals surface area contributed by atoms with Crippen molar-refractivity contribution in [3.8, 4) is 5.75 Å². The van der Waals surface area contributed by atoms with Gasteiger partial charge in [-0.15, -0.1) is 0 Å². The first-order valence-electron chi connectivity index (χ1n) is 12.5. The minimum absolute atomic E-state index is 0.0287. The molecule has 0 N–H and O–H groups in total. The van der Waals surface area contributed by atoms with E-state index in [0.29, 0.717) is 6.54 Å². The number of para-hydroxylation sites is 1. The Morgan fingerprint density at radius 3 is 2.41 bits per heavy atom. The number of fused-ring (bicyclic) bond motifs is 1. The Labute approximate surface area is 201 Å². The zero-order chi connectivity index (χ0) is 23.7. The summed E-state index contributed by atoms with van der Waals surface area (Å²) in [5, 5.41) is 0. The highest BCUT2D eigenvalue weighted by Gasteiger charge is 2.33. The molecule has 0 aromatic heterocycles. The third-order valence-electron chi connectivity index (χ3n) is 7.17. The lowest BCUT2D eigenvalue weighted by Crippen LogP contribution is -2.46. The van der Waals surface area contributed by atoms with Crippen LogP contribution in [0.5, 0.6) is 5.75 Å². The maximum Gasteiger partial charge on any atom is 0.324 e. The second-order valence-corrected chi connectivity index (χ2v) is 10.2. The number of ether oxygens (including phenoxy) is 1. The van der Waals surface area contributed by atoms with E-state index in [0.717, 1.165) is 76.5 Å². The van der Waals surface area contributed by atoms with Crippen LogP contribution in [0.4, 0.5) is 20.6 Å². The van der Waals surface area contributed by atoms with Crippen molar-refractivity contribution in [1.29, 1.82) is 0 Å². The number of rotatable bonds is 7. The molecule has 3 aliphatic rings. The summed E-state index contributed by atoms with van der Waals surface area (Å²) in [5.41, 5.74) is 3.21. The molecule has 0 radical (unpaired) electrons. The number of amides is 2. The predicted octanol–water partition coefficient (Wildman–Crippen LogP) is 4.38. The number of anilines is 2. The molecule has 0 atom stereocenters. The van der Waals surface area contributed by atoms with Crippen molar-refractivity contribution in [1.82, 2.24) is 9.80 Å². The van der Waals surface area contributed by atoms with Crippen LogP contribution < -0.4 is 14.5 Å². The van der Waals surface area contributed by atoms with Gasteiger partial charge in [-0.2, -0.15) is 0 Å². The first-order valence-corrected chi connectivity index (χ1v) is 12.5. The minimum atomic E-state index is -0.280. The van der Waals surface area contributed by atoms with Crippen molar-refractivity contribution in [3.63, 3.8) is 0 Å². The van der Waals surface area contributed by atoms with E-state index in [2.05, 4.69) is 41.8 Å². The highest BCUT2D eigenvalue weighted by atomic mass is 19.1. The van der Waals surface area contributed by atoms with Gasteiger partial charge in [-0.05, 0) is 63.6 Å². The van der Waals surface area contributed by atoms with Gasteiger partial charge in [-0.1, -0.05) is 12.1 Å². The van der Waals surface area contributed by atoms with Gasteiger partial charge < -0.3 is 14.5 Å². The van der Waals surface area contributed by atoms with Crippen molar-refractivity contribution in [2.75, 3.05) is 62.2 Å². The minimum Gasteiger partial charge on any atom is -0.485 e. The van der Waals surface area contributed by atoms with E-state index < -0.39 is 0 Å². The summed E-state index contributed by atoms with van der Waals surface area (Å²) < 4.78 is 19.4. The van der Waals surface area contributed by atoms with Crippen molar-refractivity contribution in [2.24, 2.45) is 0 Å². The summed E-state index contributed by atoms with van der Waals surface area (Å²) in [4.78, 5) is 21.4. The molecule has 182 valence electrons. The van der Waals surface area contributed by atoms with Crippen LogP contribution in [-0.2, 0) is 6.42 Å². The molecule has 34 heavy (non-hydrogen) atoms. The van der Waals surface area contributed by atoms with E-state index in [4.69, 9.17) is 4.74 Å². The molecule has 5 rings (SSSR count). The van der Waals surface area contributed by atoms with Crippen LogP contribution in [0.1, 0.15) is 32.3 Å². The SMILES string of the molecule is CC1(C)Cc2cccc(N3CCN(CCCCN4CCN(c5ccc(F)cc5)C4=O)CC3)c2O1. The van der Waals surface area contributed by atoms with E-state index in [1.165, 1.54) is 23.4 Å². The first kappa shape index (κ1) is 23.0. The summed E-state index contributed by atoms with van der Waals surface area (Å²) in [7, 11) is 0. The van der Waals surface area contributed by atoms with Crippen LogP contribution in [-0.4, -0.2) is 73.8 Å². The van der Waals surface area contributed by atoms with Crippen LogP contribution in [0.3, 0.4) is 0 Å². The number of piperazine rings is 1. The second-order valence-electron chi connectivity index (χ2n) is 10.2. The van der Waals surface area contributed by atoms with Crippen molar-refractivity contribution in [2.45, 2.75) is 38.7 Å². The topological polar surface area (TPSA) is 39.3 Å². The molecule has 2 aromatic carbocycles. The maximum atomic E-state index is 13.2. The molecule has 6 nitrogen and oxygen atoms in total. The lowest BCUT2D eigenvalue weighted by atomic mass is 10.0. The second kappa shape index (κ2) is 9.45. The quantitative estimate of drug-likeness (QED) is 0.568. The van der Waals surface area contributed by atoms with E-state index in [1.54, 1.807) is 17.0 Å². The lowest BCUT2D eigenvalue weighted by molar-refractivity contribution is 0.138. The molecular weight excluding hydrogens is 431 g/mol. The number of urea groups is 1. The fourth-order valence-electron chi connectivity index (χ4n) is 5.35. The number of unbranched alkanes of at least 4 members (excludes halogenated alkanes) is 1. The Bertz CT molecular complexity index is 1020. The monoisotopic (exact) mass is 466 g/mol. The number of benzene rings is 2. The molecule has 2 saturated heterocycles. The van der Waals surface area contributed by atoms with Crippen molar-refractivity contribution in [3.05, 3.63) is 53.8 Å². The summed E-state index contributed by atoms with van der Waals surface area (Å²) in [6.07, 6.45) is 3.05. The van der Waals surface area contributed by atoms with Crippen LogP contribution in [0, 0.1) is 5.82 Å². The first-order chi connectivity index (χ1) is 16.4. The number of carbonyl (C=O) groups excluding carboxylic acids is 1. The van der Waals surface area contributed by atoms with E-state index in [1.807, 2.05) is 4.90 Å². The molecule has 0 aliphatic carbocycles. The molecule has 0 spiro atoms. The Morgan fingerprint density at radius 2 is 1.65 bits per heavy atom. The zero-order valence-electron chi connectivity index (χ0n) is 20.3. The number of nitrogens with zero attached hydrogens (tertiary/aromatic N) is 4. The molecule has 3 aliphatic heterocycles. The Hall–Kier alpha value is -2.80. The largest absolute Gasteiger partial charge is 0.485 e. The highest BCUT2D eigenvalue weighted by molar-refractivity contribution is 5.94. The fourth-order valence-corrected chi connectivity index (χ4v) is 5.35. The summed E-state index contributed by atoms with van der Waals surface area (Å²) in [5.74, 6) is 0.795. The standard InChI is InChI=1S/C27H35FN4O2/c1-27(2)20-21-6-5-7-24(25(21)34-27)30-16-14-29(15-17-30)12-3-4-13-31-18-19-32(26(31)33)23-10-8-22(28)9-11-23/h5-11H,3-4,12-20H2,1-2H3. The molecule has 0 saturated carbocycles. The molecule has 2 amide bonds. The van der Waals surface area contributed by atoms with Gasteiger partial charge in [0.2, 0.25) is 0 Å². The molecular formula is C27H35FN4O2.